The van der Waals surface area contributed by atoms with Crippen LogP contribution in [0.25, 0.3) is 0 Å². The Labute approximate surface area is 171 Å². The molecule has 1 aliphatic rings. The molecule has 0 amide bonds. The average Bonchev–Trinajstić information content (AvgIpc) is 3.17. The summed E-state index contributed by atoms with van der Waals surface area (Å²) in [6.07, 6.45) is 2.08. The van der Waals surface area contributed by atoms with Crippen LogP contribution in [0.3, 0.4) is 0 Å². The third-order valence-corrected chi connectivity index (χ3v) is 6.60. The number of aromatic nitrogens is 3. The lowest BCUT2D eigenvalue weighted by atomic mass is 9.98. The predicted octanol–water partition coefficient (Wildman–Crippen LogP) is 4.51. The first kappa shape index (κ1) is 19.8. The number of nitrogens with one attached hydrogen (secondary N) is 2. The highest BCUT2D eigenvalue weighted by Gasteiger charge is 2.24. The summed E-state index contributed by atoms with van der Waals surface area (Å²) in [6.45, 7) is 2.85. The smallest absolute Gasteiger partial charge is 0.292 e. The normalized spacial score (nSPS) is 18.7. The van der Waals surface area contributed by atoms with E-state index in [9.17, 15) is 13.6 Å². The highest BCUT2D eigenvalue weighted by molar-refractivity contribution is 7.97. The molecule has 0 bridgehead atoms. The highest BCUT2D eigenvalue weighted by atomic mass is 32.2. The van der Waals surface area contributed by atoms with Crippen LogP contribution in [-0.2, 0) is 6.54 Å². The van der Waals surface area contributed by atoms with Gasteiger partial charge in [-0.2, -0.15) is 5.10 Å². The maximum Gasteiger partial charge on any atom is 0.340 e. The summed E-state index contributed by atoms with van der Waals surface area (Å²) in [6, 6.07) is 12.7. The molecule has 0 aliphatic carbocycles. The minimum atomic E-state index is -0.565. The summed E-state index contributed by atoms with van der Waals surface area (Å²) in [5.74, 6) is -1.24. The first-order valence-corrected chi connectivity index (χ1v) is 10.4. The van der Waals surface area contributed by atoms with Crippen molar-refractivity contribution in [3.63, 3.8) is 0 Å². The van der Waals surface area contributed by atoms with Gasteiger partial charge in [0.15, 0.2) is 0 Å². The highest BCUT2D eigenvalue weighted by Crippen LogP contribution is 2.40. The van der Waals surface area contributed by atoms with E-state index in [0.29, 0.717) is 17.4 Å². The zero-order chi connectivity index (χ0) is 20.4. The fourth-order valence-electron chi connectivity index (χ4n) is 3.63. The minimum Gasteiger partial charge on any atom is -0.292 e. The van der Waals surface area contributed by atoms with Gasteiger partial charge in [0.2, 0.25) is 0 Å². The van der Waals surface area contributed by atoms with Crippen LogP contribution >= 0.6 is 11.9 Å². The Kier molecular flexibility index (Phi) is 5.82. The van der Waals surface area contributed by atoms with Gasteiger partial charge in [-0.1, -0.05) is 49.2 Å². The molecule has 8 heteroatoms. The maximum atomic E-state index is 14.8. The zero-order valence-corrected chi connectivity index (χ0v) is 16.8. The monoisotopic (exact) mass is 416 g/mol. The van der Waals surface area contributed by atoms with Gasteiger partial charge in [-0.05, 0) is 30.5 Å². The summed E-state index contributed by atoms with van der Waals surface area (Å²) < 4.78 is 31.6. The first-order chi connectivity index (χ1) is 14.0. The van der Waals surface area contributed by atoms with Gasteiger partial charge in [-0.25, -0.2) is 23.0 Å². The van der Waals surface area contributed by atoms with E-state index in [4.69, 9.17) is 0 Å². The lowest BCUT2D eigenvalue weighted by Crippen LogP contribution is -2.24. The second-order valence-corrected chi connectivity index (χ2v) is 8.56. The molecule has 1 fully saturated rings. The number of halogens is 2. The summed E-state index contributed by atoms with van der Waals surface area (Å²) in [4.78, 5) is 13.7. The molecule has 2 aromatic carbocycles. The van der Waals surface area contributed by atoms with Crippen LogP contribution in [0.5, 0.6) is 0 Å². The van der Waals surface area contributed by atoms with E-state index in [0.717, 1.165) is 19.4 Å². The SMILES string of the molecule is CC(c1n[nH]c(=O)[nH]1)c1cc(F)c(CN2CCC[C@H](c3ccccc3)S2)cc1F. The molecule has 2 heterocycles. The molecule has 4 rings (SSSR count). The number of hydrogen-bond donors (Lipinski definition) is 2. The Bertz CT molecular complexity index is 1040. The quantitative estimate of drug-likeness (QED) is 0.601. The second kappa shape index (κ2) is 8.51. The number of H-pyrrole nitrogens is 2. The molecule has 1 saturated heterocycles. The molecular formula is C21H22F2N4OS. The second-order valence-electron chi connectivity index (χ2n) is 7.26. The van der Waals surface area contributed by atoms with Crippen molar-refractivity contribution in [2.24, 2.45) is 0 Å². The van der Waals surface area contributed by atoms with Crippen LogP contribution in [0.15, 0.2) is 47.3 Å². The van der Waals surface area contributed by atoms with E-state index in [1.807, 2.05) is 18.2 Å². The molecule has 0 saturated carbocycles. The lowest BCUT2D eigenvalue weighted by Gasteiger charge is -2.32. The van der Waals surface area contributed by atoms with Crippen LogP contribution in [-0.4, -0.2) is 26.0 Å². The Morgan fingerprint density at radius 2 is 2.03 bits per heavy atom. The van der Waals surface area contributed by atoms with Gasteiger partial charge in [0.05, 0.1) is 0 Å². The minimum absolute atomic E-state index is 0.169. The van der Waals surface area contributed by atoms with Crippen LogP contribution < -0.4 is 5.69 Å². The van der Waals surface area contributed by atoms with Crippen molar-refractivity contribution in [3.05, 3.63) is 87.1 Å². The van der Waals surface area contributed by atoms with Crippen molar-refractivity contribution in [3.8, 4) is 0 Å². The van der Waals surface area contributed by atoms with Crippen LogP contribution in [0.2, 0.25) is 0 Å². The van der Waals surface area contributed by atoms with E-state index in [2.05, 4.69) is 31.6 Å². The molecular weight excluding hydrogens is 394 g/mol. The van der Waals surface area contributed by atoms with Crippen LogP contribution in [0.4, 0.5) is 8.78 Å². The van der Waals surface area contributed by atoms with Gasteiger partial charge in [-0.15, -0.1) is 0 Å². The molecule has 1 aromatic heterocycles. The van der Waals surface area contributed by atoms with Gasteiger partial charge in [0, 0.05) is 35.4 Å². The first-order valence-electron chi connectivity index (χ1n) is 9.60. The molecule has 0 spiro atoms. The predicted molar refractivity (Wildman–Crippen MR) is 110 cm³/mol. The van der Waals surface area contributed by atoms with Gasteiger partial charge < -0.3 is 0 Å². The van der Waals surface area contributed by atoms with Crippen molar-refractivity contribution in [1.82, 2.24) is 19.5 Å². The molecule has 1 unspecified atom stereocenters. The molecule has 2 atom stereocenters. The zero-order valence-electron chi connectivity index (χ0n) is 16.0. The average molecular weight is 416 g/mol. The number of benzene rings is 2. The third-order valence-electron chi connectivity index (χ3n) is 5.23. The maximum absolute atomic E-state index is 14.8. The Morgan fingerprint density at radius 1 is 1.24 bits per heavy atom. The molecule has 2 N–H and O–H groups in total. The standard InChI is InChI=1S/C21H22F2N4OS/c1-13(20-24-21(28)26-25-20)16-11-17(22)15(10-18(16)23)12-27-9-5-8-19(29-27)14-6-3-2-4-7-14/h2-4,6-7,10-11,13,19H,5,8-9,12H2,1H3,(H2,24,25,26,28)/t13?,19-/m1/s1. The lowest BCUT2D eigenvalue weighted by molar-refractivity contribution is 0.409. The van der Waals surface area contributed by atoms with E-state index >= 15 is 0 Å². The van der Waals surface area contributed by atoms with Gasteiger partial charge in [-0.3, -0.25) is 4.98 Å². The Morgan fingerprint density at radius 3 is 2.76 bits per heavy atom. The molecule has 0 radical (unpaired) electrons. The topological polar surface area (TPSA) is 64.8 Å². The molecule has 29 heavy (non-hydrogen) atoms. The van der Waals surface area contributed by atoms with Gasteiger partial charge in [0.1, 0.15) is 17.5 Å². The Hall–Kier alpha value is -2.45. The largest absolute Gasteiger partial charge is 0.340 e. The molecule has 1 aliphatic heterocycles. The van der Waals surface area contributed by atoms with Crippen molar-refractivity contribution < 1.29 is 8.78 Å². The molecule has 152 valence electrons. The number of aromatic amines is 2. The fraction of sp³-hybridized carbons (Fsp3) is 0.333. The van der Waals surface area contributed by atoms with Crippen LogP contribution in [0.1, 0.15) is 53.4 Å². The van der Waals surface area contributed by atoms with Crippen molar-refractivity contribution in [2.45, 2.75) is 37.5 Å². The van der Waals surface area contributed by atoms with Crippen LogP contribution in [0, 0.1) is 11.6 Å². The van der Waals surface area contributed by atoms with Crippen molar-refractivity contribution >= 4 is 11.9 Å². The summed E-state index contributed by atoms with van der Waals surface area (Å²) >= 11 is 1.69. The van der Waals surface area contributed by atoms with E-state index < -0.39 is 23.2 Å². The number of hydrogen-bond acceptors (Lipinski definition) is 4. The number of rotatable bonds is 5. The van der Waals surface area contributed by atoms with Crippen molar-refractivity contribution in [2.75, 3.05) is 6.54 Å². The Balaban J connectivity index is 1.50. The van der Waals surface area contributed by atoms with Gasteiger partial charge >= 0.3 is 5.69 Å². The number of nitrogens with zero attached hydrogens (tertiary/aromatic N) is 2. The fourth-order valence-corrected chi connectivity index (χ4v) is 4.99. The van der Waals surface area contributed by atoms with Gasteiger partial charge in [0.25, 0.3) is 0 Å². The summed E-state index contributed by atoms with van der Waals surface area (Å²) in [7, 11) is 0. The molecule has 3 aromatic rings. The third kappa shape index (κ3) is 4.43. The summed E-state index contributed by atoms with van der Waals surface area (Å²) in [5.41, 5.74) is 1.28. The molecule has 5 nitrogen and oxygen atoms in total. The van der Waals surface area contributed by atoms with Crippen molar-refractivity contribution in [1.29, 1.82) is 0 Å². The van der Waals surface area contributed by atoms with E-state index in [-0.39, 0.29) is 11.4 Å². The van der Waals surface area contributed by atoms with E-state index in [1.165, 1.54) is 17.7 Å². The van der Waals surface area contributed by atoms with E-state index in [1.54, 1.807) is 18.9 Å². The summed E-state index contributed by atoms with van der Waals surface area (Å²) in [5, 5.41) is 6.40.